The van der Waals surface area contributed by atoms with Crippen molar-refractivity contribution in [3.05, 3.63) is 83.4 Å². The second kappa shape index (κ2) is 7.23. The summed E-state index contributed by atoms with van der Waals surface area (Å²) in [6.07, 6.45) is 1.49. The average Bonchev–Trinajstić information content (AvgIpc) is 2.62. The van der Waals surface area contributed by atoms with Gasteiger partial charge in [0.15, 0.2) is 0 Å². The van der Waals surface area contributed by atoms with Crippen LogP contribution in [0.1, 0.15) is 28.4 Å². The van der Waals surface area contributed by atoms with Gasteiger partial charge in [-0.15, -0.1) is 0 Å². The summed E-state index contributed by atoms with van der Waals surface area (Å²) in [5.74, 6) is -1.42. The minimum atomic E-state index is -1.07. The van der Waals surface area contributed by atoms with Gasteiger partial charge in [-0.1, -0.05) is 48.5 Å². The molecule has 0 aliphatic heterocycles. The van der Waals surface area contributed by atoms with Gasteiger partial charge in [-0.05, 0) is 53.5 Å². The molecule has 0 atom stereocenters. The molecule has 0 radical (unpaired) electrons. The van der Waals surface area contributed by atoms with Gasteiger partial charge >= 0.3 is 5.97 Å². The number of hydrogen-bond acceptors (Lipinski definition) is 2. The number of rotatable bonds is 4. The Labute approximate surface area is 151 Å². The third-order valence-corrected chi connectivity index (χ3v) is 4.30. The maximum absolute atomic E-state index is 12.4. The molecule has 0 spiro atoms. The summed E-state index contributed by atoms with van der Waals surface area (Å²) in [7, 11) is 0. The Morgan fingerprint density at radius 2 is 1.69 bits per heavy atom. The summed E-state index contributed by atoms with van der Waals surface area (Å²) in [6.45, 7) is 3.63. The molecule has 0 saturated carbocycles. The fourth-order valence-corrected chi connectivity index (χ4v) is 2.89. The van der Waals surface area contributed by atoms with Gasteiger partial charge in [0.2, 0.25) is 5.91 Å². The van der Waals surface area contributed by atoms with E-state index in [4.69, 9.17) is 0 Å². The first-order valence-corrected chi connectivity index (χ1v) is 8.27. The summed E-state index contributed by atoms with van der Waals surface area (Å²) in [5, 5.41) is 14.2. The lowest BCUT2D eigenvalue weighted by Gasteiger charge is -2.10. The molecular formula is C22H19NO3. The van der Waals surface area contributed by atoms with Crippen molar-refractivity contribution < 1.29 is 14.7 Å². The SMILES string of the molecule is CC(=CC(=O)Nc1c(C)cccc1C(=O)O)c1ccc2ccccc2c1. The van der Waals surface area contributed by atoms with E-state index in [1.807, 2.05) is 49.4 Å². The maximum atomic E-state index is 12.4. The number of amides is 1. The molecular weight excluding hydrogens is 326 g/mol. The third kappa shape index (κ3) is 3.64. The molecule has 3 aromatic carbocycles. The molecule has 3 aromatic rings. The van der Waals surface area contributed by atoms with Crippen molar-refractivity contribution in [2.75, 3.05) is 5.32 Å². The lowest BCUT2D eigenvalue weighted by Crippen LogP contribution is -2.13. The number of para-hydroxylation sites is 1. The molecule has 0 fully saturated rings. The molecule has 2 N–H and O–H groups in total. The summed E-state index contributed by atoms with van der Waals surface area (Å²) in [4.78, 5) is 23.8. The van der Waals surface area contributed by atoms with Crippen molar-refractivity contribution in [1.29, 1.82) is 0 Å². The number of carboxylic acid groups (broad SMARTS) is 1. The summed E-state index contributed by atoms with van der Waals surface area (Å²) in [5.41, 5.74) is 2.86. The van der Waals surface area contributed by atoms with Gasteiger partial charge in [0, 0.05) is 6.08 Å². The molecule has 4 nitrogen and oxygen atoms in total. The zero-order valence-corrected chi connectivity index (χ0v) is 14.6. The normalized spacial score (nSPS) is 11.4. The smallest absolute Gasteiger partial charge is 0.337 e. The third-order valence-electron chi connectivity index (χ3n) is 4.30. The largest absolute Gasteiger partial charge is 0.478 e. The number of anilines is 1. The molecule has 0 saturated heterocycles. The number of aryl methyl sites for hydroxylation is 1. The van der Waals surface area contributed by atoms with E-state index in [1.54, 1.807) is 19.1 Å². The summed E-state index contributed by atoms with van der Waals surface area (Å²) >= 11 is 0. The van der Waals surface area contributed by atoms with E-state index in [-0.39, 0.29) is 11.5 Å². The maximum Gasteiger partial charge on any atom is 0.337 e. The Morgan fingerprint density at radius 3 is 2.42 bits per heavy atom. The molecule has 1 amide bonds. The number of benzene rings is 3. The van der Waals surface area contributed by atoms with Crippen LogP contribution in [0.5, 0.6) is 0 Å². The molecule has 3 rings (SSSR count). The van der Waals surface area contributed by atoms with Crippen LogP contribution in [0.4, 0.5) is 5.69 Å². The van der Waals surface area contributed by atoms with Crippen molar-refractivity contribution in [1.82, 2.24) is 0 Å². The van der Waals surface area contributed by atoms with E-state index < -0.39 is 5.97 Å². The highest BCUT2D eigenvalue weighted by Crippen LogP contribution is 2.23. The molecule has 0 bridgehead atoms. The zero-order valence-electron chi connectivity index (χ0n) is 14.6. The second-order valence-corrected chi connectivity index (χ2v) is 6.18. The highest BCUT2D eigenvalue weighted by Gasteiger charge is 2.13. The lowest BCUT2D eigenvalue weighted by molar-refractivity contribution is -0.111. The van der Waals surface area contributed by atoms with E-state index in [0.717, 1.165) is 21.9 Å². The van der Waals surface area contributed by atoms with Gasteiger partial charge in [0.25, 0.3) is 0 Å². The minimum Gasteiger partial charge on any atom is -0.478 e. The molecule has 0 heterocycles. The predicted molar refractivity (Wildman–Crippen MR) is 104 cm³/mol. The number of fused-ring (bicyclic) bond motifs is 1. The van der Waals surface area contributed by atoms with Crippen LogP contribution in [0.2, 0.25) is 0 Å². The quantitative estimate of drug-likeness (QED) is 0.662. The van der Waals surface area contributed by atoms with E-state index in [9.17, 15) is 14.7 Å². The van der Waals surface area contributed by atoms with Crippen LogP contribution in [-0.2, 0) is 4.79 Å². The van der Waals surface area contributed by atoms with E-state index in [1.165, 1.54) is 12.1 Å². The van der Waals surface area contributed by atoms with Crippen LogP contribution in [0.25, 0.3) is 16.3 Å². The number of nitrogens with one attached hydrogen (secondary N) is 1. The van der Waals surface area contributed by atoms with Gasteiger partial charge in [-0.2, -0.15) is 0 Å². The second-order valence-electron chi connectivity index (χ2n) is 6.18. The first kappa shape index (κ1) is 17.4. The Balaban J connectivity index is 1.87. The van der Waals surface area contributed by atoms with E-state index in [0.29, 0.717) is 11.3 Å². The van der Waals surface area contributed by atoms with Crippen LogP contribution >= 0.6 is 0 Å². The van der Waals surface area contributed by atoms with Crippen LogP contribution in [0.3, 0.4) is 0 Å². The summed E-state index contributed by atoms with van der Waals surface area (Å²) < 4.78 is 0. The van der Waals surface area contributed by atoms with Crippen molar-refractivity contribution in [2.45, 2.75) is 13.8 Å². The van der Waals surface area contributed by atoms with Gasteiger partial charge in [-0.3, -0.25) is 4.79 Å². The van der Waals surface area contributed by atoms with Crippen LogP contribution in [0.15, 0.2) is 66.7 Å². The monoisotopic (exact) mass is 345 g/mol. The van der Waals surface area contributed by atoms with Crippen LogP contribution < -0.4 is 5.32 Å². The van der Waals surface area contributed by atoms with E-state index >= 15 is 0 Å². The van der Waals surface area contributed by atoms with Gasteiger partial charge in [0.05, 0.1) is 11.3 Å². The fraction of sp³-hybridized carbons (Fsp3) is 0.0909. The van der Waals surface area contributed by atoms with Gasteiger partial charge < -0.3 is 10.4 Å². The number of hydrogen-bond donors (Lipinski definition) is 2. The standard InChI is InChI=1S/C22H19NO3/c1-14-6-5-9-19(22(25)26)21(14)23-20(24)12-15(2)17-11-10-16-7-3-4-8-18(16)13-17/h3-13H,1-2H3,(H,23,24)(H,25,26). The topological polar surface area (TPSA) is 66.4 Å². The van der Waals surface area contributed by atoms with Crippen molar-refractivity contribution in [3.8, 4) is 0 Å². The minimum absolute atomic E-state index is 0.0788. The highest BCUT2D eigenvalue weighted by molar-refractivity contribution is 6.08. The number of allylic oxidation sites excluding steroid dienone is 1. The first-order valence-electron chi connectivity index (χ1n) is 8.27. The predicted octanol–water partition coefficient (Wildman–Crippen LogP) is 4.89. The molecule has 130 valence electrons. The summed E-state index contributed by atoms with van der Waals surface area (Å²) in [6, 6.07) is 18.9. The Bertz CT molecular complexity index is 1030. The Hall–Kier alpha value is -3.40. The molecule has 0 aromatic heterocycles. The molecule has 4 heteroatoms. The van der Waals surface area contributed by atoms with Crippen molar-refractivity contribution in [2.24, 2.45) is 0 Å². The molecule has 0 unspecified atom stereocenters. The Kier molecular flexibility index (Phi) is 4.85. The number of aromatic carboxylic acids is 1. The molecule has 0 aliphatic rings. The van der Waals surface area contributed by atoms with Crippen LogP contribution in [-0.4, -0.2) is 17.0 Å². The first-order chi connectivity index (χ1) is 12.5. The van der Waals surface area contributed by atoms with Crippen LogP contribution in [0, 0.1) is 6.92 Å². The van der Waals surface area contributed by atoms with E-state index in [2.05, 4.69) is 5.32 Å². The van der Waals surface area contributed by atoms with Gasteiger partial charge in [0.1, 0.15) is 0 Å². The zero-order chi connectivity index (χ0) is 18.7. The van der Waals surface area contributed by atoms with Crippen molar-refractivity contribution in [3.63, 3.8) is 0 Å². The lowest BCUT2D eigenvalue weighted by atomic mass is 10.0. The number of carbonyl (C=O) groups excluding carboxylic acids is 1. The molecule has 0 aliphatic carbocycles. The fourth-order valence-electron chi connectivity index (χ4n) is 2.89. The molecule has 26 heavy (non-hydrogen) atoms. The van der Waals surface area contributed by atoms with Gasteiger partial charge in [-0.25, -0.2) is 4.79 Å². The van der Waals surface area contributed by atoms with Crippen molar-refractivity contribution >= 4 is 33.9 Å². The number of carbonyl (C=O) groups is 2. The average molecular weight is 345 g/mol. The Morgan fingerprint density at radius 1 is 0.962 bits per heavy atom. The number of carboxylic acids is 1. The highest BCUT2D eigenvalue weighted by atomic mass is 16.4.